The van der Waals surface area contributed by atoms with Gasteiger partial charge in [0.05, 0.1) is 0 Å². The Morgan fingerprint density at radius 1 is 1.47 bits per heavy atom. The van der Waals surface area contributed by atoms with Crippen molar-refractivity contribution in [2.75, 3.05) is 18.0 Å². The van der Waals surface area contributed by atoms with Crippen LogP contribution >= 0.6 is 12.2 Å². The fraction of sp³-hybridized carbons (Fsp3) is 0.462. The van der Waals surface area contributed by atoms with E-state index in [1.54, 1.807) is 6.07 Å². The van der Waals surface area contributed by atoms with E-state index in [2.05, 4.69) is 18.7 Å². The molecular formula is C13H17FN2S. The Balaban J connectivity index is 2.24. The second-order valence-corrected chi connectivity index (χ2v) is 5.80. The molecule has 2 N–H and O–H groups in total. The minimum absolute atomic E-state index is 0.107. The second-order valence-electron chi connectivity index (χ2n) is 5.36. The highest BCUT2D eigenvalue weighted by atomic mass is 32.1. The number of nitrogens with zero attached hydrogens (tertiary/aromatic N) is 1. The van der Waals surface area contributed by atoms with Crippen LogP contribution in [0.4, 0.5) is 10.1 Å². The molecule has 1 fully saturated rings. The lowest BCUT2D eigenvalue weighted by Gasteiger charge is -2.22. The zero-order valence-corrected chi connectivity index (χ0v) is 11.0. The fourth-order valence-electron chi connectivity index (χ4n) is 2.23. The molecule has 0 atom stereocenters. The van der Waals surface area contributed by atoms with Gasteiger partial charge in [-0.3, -0.25) is 0 Å². The Morgan fingerprint density at radius 2 is 2.18 bits per heavy atom. The molecule has 4 heteroatoms. The summed E-state index contributed by atoms with van der Waals surface area (Å²) in [6.07, 6.45) is 1.13. The van der Waals surface area contributed by atoms with Gasteiger partial charge >= 0.3 is 0 Å². The summed E-state index contributed by atoms with van der Waals surface area (Å²) in [6, 6.07) is 5.08. The van der Waals surface area contributed by atoms with Crippen molar-refractivity contribution in [2.24, 2.45) is 11.1 Å². The quantitative estimate of drug-likeness (QED) is 0.821. The molecular weight excluding hydrogens is 235 g/mol. The summed E-state index contributed by atoms with van der Waals surface area (Å²) < 4.78 is 13.8. The zero-order chi connectivity index (χ0) is 12.6. The molecule has 1 aromatic rings. The molecule has 0 radical (unpaired) electrons. The maximum atomic E-state index is 13.8. The summed E-state index contributed by atoms with van der Waals surface area (Å²) in [5.41, 5.74) is 6.97. The van der Waals surface area contributed by atoms with Gasteiger partial charge in [-0.1, -0.05) is 26.1 Å². The number of hydrogen-bond acceptors (Lipinski definition) is 2. The monoisotopic (exact) mass is 252 g/mol. The maximum absolute atomic E-state index is 13.8. The molecule has 0 bridgehead atoms. The molecule has 0 aliphatic carbocycles. The van der Waals surface area contributed by atoms with E-state index in [1.807, 2.05) is 6.07 Å². The molecule has 1 aliphatic heterocycles. The third kappa shape index (κ3) is 2.57. The van der Waals surface area contributed by atoms with Crippen molar-refractivity contribution < 1.29 is 4.39 Å². The smallest absolute Gasteiger partial charge is 0.135 e. The zero-order valence-electron chi connectivity index (χ0n) is 10.2. The molecule has 1 heterocycles. The predicted molar refractivity (Wildman–Crippen MR) is 72.9 cm³/mol. The molecule has 92 valence electrons. The largest absolute Gasteiger partial charge is 0.389 e. The van der Waals surface area contributed by atoms with Gasteiger partial charge in [0, 0.05) is 24.3 Å². The van der Waals surface area contributed by atoms with Gasteiger partial charge in [0.15, 0.2) is 0 Å². The number of halogens is 1. The average Bonchev–Trinajstić information content (AvgIpc) is 2.58. The van der Waals surface area contributed by atoms with Gasteiger partial charge in [-0.25, -0.2) is 4.39 Å². The van der Waals surface area contributed by atoms with E-state index in [4.69, 9.17) is 18.0 Å². The second kappa shape index (κ2) is 4.26. The van der Waals surface area contributed by atoms with E-state index in [-0.39, 0.29) is 10.8 Å². The van der Waals surface area contributed by atoms with Crippen LogP contribution in [0.2, 0.25) is 0 Å². The molecule has 1 saturated heterocycles. The van der Waals surface area contributed by atoms with Crippen molar-refractivity contribution in [3.63, 3.8) is 0 Å². The molecule has 2 nitrogen and oxygen atoms in total. The lowest BCUT2D eigenvalue weighted by Crippen LogP contribution is -2.23. The summed E-state index contributed by atoms with van der Waals surface area (Å²) in [5, 5.41) is 0. The lowest BCUT2D eigenvalue weighted by molar-refractivity contribution is 0.418. The van der Waals surface area contributed by atoms with E-state index in [0.29, 0.717) is 11.0 Å². The van der Waals surface area contributed by atoms with E-state index in [1.165, 1.54) is 6.07 Å². The SMILES string of the molecule is CC1(C)CCN(c2ccc(C(N)=S)c(F)c2)C1. The standard InChI is InChI=1S/C13H17FN2S/c1-13(2)5-6-16(8-13)9-3-4-10(12(15)17)11(14)7-9/h3-4,7H,5-6,8H2,1-2H3,(H2,15,17). The van der Waals surface area contributed by atoms with E-state index < -0.39 is 0 Å². The van der Waals surface area contributed by atoms with Crippen LogP contribution < -0.4 is 10.6 Å². The van der Waals surface area contributed by atoms with Gasteiger partial charge in [-0.15, -0.1) is 0 Å². The van der Waals surface area contributed by atoms with Crippen molar-refractivity contribution in [3.05, 3.63) is 29.6 Å². The first-order valence-corrected chi connectivity index (χ1v) is 6.14. The summed E-state index contributed by atoms with van der Waals surface area (Å²) in [7, 11) is 0. The number of anilines is 1. The minimum Gasteiger partial charge on any atom is -0.389 e. The molecule has 1 aliphatic rings. The third-order valence-electron chi connectivity index (χ3n) is 3.26. The van der Waals surface area contributed by atoms with Crippen LogP contribution in [0.25, 0.3) is 0 Å². The van der Waals surface area contributed by atoms with E-state index in [9.17, 15) is 4.39 Å². The summed E-state index contributed by atoms with van der Waals surface area (Å²) >= 11 is 4.79. The van der Waals surface area contributed by atoms with Gasteiger partial charge in [0.25, 0.3) is 0 Å². The summed E-state index contributed by atoms with van der Waals surface area (Å²) in [4.78, 5) is 2.31. The molecule has 0 unspecified atom stereocenters. The number of benzene rings is 1. The predicted octanol–water partition coefficient (Wildman–Crippen LogP) is 2.70. The highest BCUT2D eigenvalue weighted by molar-refractivity contribution is 7.80. The van der Waals surface area contributed by atoms with Crippen LogP contribution in [0.3, 0.4) is 0 Å². The van der Waals surface area contributed by atoms with E-state index >= 15 is 0 Å². The van der Waals surface area contributed by atoms with Crippen LogP contribution in [0.15, 0.2) is 18.2 Å². The molecule has 2 rings (SSSR count). The van der Waals surface area contributed by atoms with Crippen molar-refractivity contribution in [1.29, 1.82) is 0 Å². The Hall–Kier alpha value is -1.16. The molecule has 17 heavy (non-hydrogen) atoms. The van der Waals surface area contributed by atoms with Gasteiger partial charge in [-0.2, -0.15) is 0 Å². The number of hydrogen-bond donors (Lipinski definition) is 1. The first-order chi connectivity index (χ1) is 7.89. The number of rotatable bonds is 2. The first kappa shape index (κ1) is 12.3. The van der Waals surface area contributed by atoms with Crippen LogP contribution in [0, 0.1) is 11.2 Å². The first-order valence-electron chi connectivity index (χ1n) is 5.73. The highest BCUT2D eigenvalue weighted by Gasteiger charge is 2.29. The average molecular weight is 252 g/mol. The normalized spacial score (nSPS) is 18.4. The molecule has 0 aromatic heterocycles. The van der Waals surface area contributed by atoms with Crippen LogP contribution in [-0.4, -0.2) is 18.1 Å². The Morgan fingerprint density at radius 3 is 2.65 bits per heavy atom. The lowest BCUT2D eigenvalue weighted by atomic mass is 9.93. The van der Waals surface area contributed by atoms with Crippen molar-refractivity contribution in [1.82, 2.24) is 0 Å². The maximum Gasteiger partial charge on any atom is 0.135 e. The minimum atomic E-state index is -0.334. The topological polar surface area (TPSA) is 29.3 Å². The number of thiocarbonyl (C=S) groups is 1. The van der Waals surface area contributed by atoms with Gasteiger partial charge in [0.1, 0.15) is 10.8 Å². The molecule has 1 aromatic carbocycles. The van der Waals surface area contributed by atoms with Gasteiger partial charge in [0.2, 0.25) is 0 Å². The van der Waals surface area contributed by atoms with Crippen LogP contribution in [0.5, 0.6) is 0 Å². The summed E-state index contributed by atoms with van der Waals surface area (Å²) in [6.45, 7) is 6.39. The fourth-order valence-corrected chi connectivity index (χ4v) is 2.40. The van der Waals surface area contributed by atoms with Crippen LogP contribution in [-0.2, 0) is 0 Å². The Labute approximate surface area is 107 Å². The summed E-state index contributed by atoms with van der Waals surface area (Å²) in [5.74, 6) is -0.334. The van der Waals surface area contributed by atoms with Gasteiger partial charge < -0.3 is 10.6 Å². The van der Waals surface area contributed by atoms with Gasteiger partial charge in [-0.05, 0) is 30.0 Å². The van der Waals surface area contributed by atoms with E-state index in [0.717, 1.165) is 25.2 Å². The molecule has 0 saturated carbocycles. The number of nitrogens with two attached hydrogens (primary N) is 1. The van der Waals surface area contributed by atoms with Crippen molar-refractivity contribution in [2.45, 2.75) is 20.3 Å². The third-order valence-corrected chi connectivity index (χ3v) is 3.48. The van der Waals surface area contributed by atoms with Crippen LogP contribution in [0.1, 0.15) is 25.8 Å². The molecule has 0 amide bonds. The van der Waals surface area contributed by atoms with Crippen molar-refractivity contribution in [3.8, 4) is 0 Å². The Kier molecular flexibility index (Phi) is 3.08. The van der Waals surface area contributed by atoms with Crippen molar-refractivity contribution >= 4 is 22.9 Å². The molecule has 0 spiro atoms. The Bertz CT molecular complexity index is 457. The highest BCUT2D eigenvalue weighted by Crippen LogP contribution is 2.32.